The van der Waals surface area contributed by atoms with Gasteiger partial charge in [0.05, 0.1) is 6.04 Å². The molecule has 1 N–H and O–H groups in total. The van der Waals surface area contributed by atoms with E-state index in [1.54, 1.807) is 12.1 Å². The summed E-state index contributed by atoms with van der Waals surface area (Å²) in [5.74, 6) is -0.148. The number of likely N-dealkylation sites (N-methyl/N-ethyl adjacent to an activating group) is 1. The fourth-order valence-corrected chi connectivity index (χ4v) is 4.34. The molecule has 0 aromatic heterocycles. The van der Waals surface area contributed by atoms with E-state index in [-0.39, 0.29) is 11.4 Å². The molecule has 1 aliphatic carbocycles. The summed E-state index contributed by atoms with van der Waals surface area (Å²) in [5.41, 5.74) is 1.46. The largest absolute Gasteiger partial charge is 0.311 e. The van der Waals surface area contributed by atoms with Crippen LogP contribution in [0.3, 0.4) is 0 Å². The van der Waals surface area contributed by atoms with Crippen molar-refractivity contribution in [1.82, 2.24) is 10.2 Å². The molecule has 1 saturated carbocycles. The van der Waals surface area contributed by atoms with Crippen LogP contribution in [0.25, 0.3) is 0 Å². The monoisotopic (exact) mass is 276 g/mol. The smallest absolute Gasteiger partial charge is 0.123 e. The first-order valence-corrected chi connectivity index (χ1v) is 7.94. The average molecular weight is 276 g/mol. The summed E-state index contributed by atoms with van der Waals surface area (Å²) in [5, 5.41) is 3.53. The standard InChI is InChI=1S/C17H25FN2/c1-19-16(14-6-8-15(18)9-7-14)17(10-2-3-11-17)20-12-4-5-13-20/h6-9,16,19H,2-5,10-13H2,1H3. The predicted octanol–water partition coefficient (Wildman–Crippen LogP) is 3.49. The molecule has 0 bridgehead atoms. The van der Waals surface area contributed by atoms with Gasteiger partial charge >= 0.3 is 0 Å². The van der Waals surface area contributed by atoms with Crippen molar-refractivity contribution < 1.29 is 4.39 Å². The summed E-state index contributed by atoms with van der Waals surface area (Å²) < 4.78 is 13.2. The molecule has 0 spiro atoms. The molecule has 3 heteroatoms. The van der Waals surface area contributed by atoms with Crippen LogP contribution in [-0.2, 0) is 0 Å². The maximum absolute atomic E-state index is 13.2. The molecule has 0 amide bonds. The van der Waals surface area contributed by atoms with Crippen LogP contribution < -0.4 is 5.32 Å². The van der Waals surface area contributed by atoms with Gasteiger partial charge in [0.1, 0.15) is 5.82 Å². The van der Waals surface area contributed by atoms with Crippen molar-refractivity contribution in [1.29, 1.82) is 0 Å². The highest BCUT2D eigenvalue weighted by atomic mass is 19.1. The second kappa shape index (κ2) is 5.82. The van der Waals surface area contributed by atoms with Crippen LogP contribution in [0.5, 0.6) is 0 Å². The summed E-state index contributed by atoms with van der Waals surface area (Å²) >= 11 is 0. The Morgan fingerprint density at radius 3 is 2.20 bits per heavy atom. The van der Waals surface area contributed by atoms with Gasteiger partial charge in [-0.15, -0.1) is 0 Å². The molecular formula is C17H25FN2. The van der Waals surface area contributed by atoms with Gasteiger partial charge in [0.15, 0.2) is 0 Å². The Labute approximate surface area is 121 Å². The molecule has 1 atom stereocenters. The molecule has 2 aliphatic rings. The van der Waals surface area contributed by atoms with Crippen molar-refractivity contribution in [2.45, 2.75) is 50.1 Å². The van der Waals surface area contributed by atoms with Gasteiger partial charge in [-0.25, -0.2) is 4.39 Å². The minimum absolute atomic E-state index is 0.148. The first-order valence-electron chi connectivity index (χ1n) is 7.94. The first kappa shape index (κ1) is 14.0. The second-order valence-electron chi connectivity index (χ2n) is 6.28. The highest BCUT2D eigenvalue weighted by Gasteiger charge is 2.46. The summed E-state index contributed by atoms with van der Waals surface area (Å²) in [7, 11) is 2.05. The van der Waals surface area contributed by atoms with Gasteiger partial charge in [0.25, 0.3) is 0 Å². The predicted molar refractivity (Wildman–Crippen MR) is 80.2 cm³/mol. The van der Waals surface area contributed by atoms with E-state index in [2.05, 4.69) is 10.2 Å². The van der Waals surface area contributed by atoms with Crippen molar-refractivity contribution in [3.8, 4) is 0 Å². The molecule has 3 rings (SSSR count). The lowest BCUT2D eigenvalue weighted by Gasteiger charge is -2.45. The van der Waals surface area contributed by atoms with E-state index in [0.717, 1.165) is 0 Å². The SMILES string of the molecule is CNC(c1ccc(F)cc1)C1(N2CCCC2)CCCC1. The van der Waals surface area contributed by atoms with E-state index in [4.69, 9.17) is 0 Å². The molecule has 1 saturated heterocycles. The first-order chi connectivity index (χ1) is 9.76. The Morgan fingerprint density at radius 1 is 1.05 bits per heavy atom. The fraction of sp³-hybridized carbons (Fsp3) is 0.647. The Kier molecular flexibility index (Phi) is 4.08. The molecular weight excluding hydrogens is 251 g/mol. The van der Waals surface area contributed by atoms with Gasteiger partial charge in [-0.3, -0.25) is 4.90 Å². The van der Waals surface area contributed by atoms with Gasteiger partial charge in [-0.05, 0) is 63.5 Å². The van der Waals surface area contributed by atoms with Gasteiger partial charge < -0.3 is 5.32 Å². The third-order valence-electron chi connectivity index (χ3n) is 5.23. The van der Waals surface area contributed by atoms with E-state index in [0.29, 0.717) is 6.04 Å². The lowest BCUT2D eigenvalue weighted by Crippen LogP contribution is -2.53. The van der Waals surface area contributed by atoms with Crippen LogP contribution in [0.2, 0.25) is 0 Å². The van der Waals surface area contributed by atoms with E-state index in [1.165, 1.54) is 57.2 Å². The quantitative estimate of drug-likeness (QED) is 0.905. The lowest BCUT2D eigenvalue weighted by molar-refractivity contribution is 0.0796. The van der Waals surface area contributed by atoms with Crippen LogP contribution >= 0.6 is 0 Å². The van der Waals surface area contributed by atoms with E-state index >= 15 is 0 Å². The molecule has 110 valence electrons. The van der Waals surface area contributed by atoms with Gasteiger partial charge in [-0.1, -0.05) is 25.0 Å². The number of halogens is 1. The molecule has 0 radical (unpaired) electrons. The number of rotatable bonds is 4. The van der Waals surface area contributed by atoms with Crippen molar-refractivity contribution in [3.63, 3.8) is 0 Å². The molecule has 2 nitrogen and oxygen atoms in total. The van der Waals surface area contributed by atoms with Gasteiger partial charge in [0, 0.05) is 5.54 Å². The van der Waals surface area contributed by atoms with E-state index in [1.807, 2.05) is 19.2 Å². The maximum atomic E-state index is 13.2. The zero-order chi connectivity index (χ0) is 14.0. The number of benzene rings is 1. The number of nitrogens with one attached hydrogen (secondary N) is 1. The third kappa shape index (κ3) is 2.38. The van der Waals surface area contributed by atoms with Crippen LogP contribution in [0.4, 0.5) is 4.39 Å². The average Bonchev–Trinajstić information content (AvgIpc) is 3.12. The van der Waals surface area contributed by atoms with Gasteiger partial charge in [0.2, 0.25) is 0 Å². The number of likely N-dealkylation sites (tertiary alicyclic amines) is 1. The molecule has 1 aromatic carbocycles. The van der Waals surface area contributed by atoms with Crippen molar-refractivity contribution >= 4 is 0 Å². The molecule has 1 aromatic rings. The maximum Gasteiger partial charge on any atom is 0.123 e. The van der Waals surface area contributed by atoms with E-state index in [9.17, 15) is 4.39 Å². The second-order valence-corrected chi connectivity index (χ2v) is 6.28. The Balaban J connectivity index is 1.93. The van der Waals surface area contributed by atoms with E-state index < -0.39 is 0 Å². The minimum Gasteiger partial charge on any atom is -0.311 e. The number of nitrogens with zero attached hydrogens (tertiary/aromatic N) is 1. The zero-order valence-corrected chi connectivity index (χ0v) is 12.4. The molecule has 1 unspecified atom stereocenters. The van der Waals surface area contributed by atoms with Crippen molar-refractivity contribution in [3.05, 3.63) is 35.6 Å². The molecule has 1 heterocycles. The zero-order valence-electron chi connectivity index (χ0n) is 12.4. The van der Waals surface area contributed by atoms with Crippen LogP contribution in [0, 0.1) is 5.82 Å². The number of hydrogen-bond donors (Lipinski definition) is 1. The Hall–Kier alpha value is -0.930. The minimum atomic E-state index is -0.148. The molecule has 1 aliphatic heterocycles. The highest BCUT2D eigenvalue weighted by Crippen LogP contribution is 2.45. The Bertz CT molecular complexity index is 431. The van der Waals surface area contributed by atoms with Crippen molar-refractivity contribution in [2.75, 3.05) is 20.1 Å². The van der Waals surface area contributed by atoms with Gasteiger partial charge in [-0.2, -0.15) is 0 Å². The highest BCUT2D eigenvalue weighted by molar-refractivity contribution is 5.25. The Morgan fingerprint density at radius 2 is 1.65 bits per heavy atom. The van der Waals surface area contributed by atoms with Crippen molar-refractivity contribution in [2.24, 2.45) is 0 Å². The summed E-state index contributed by atoms with van der Waals surface area (Å²) in [4.78, 5) is 2.70. The molecule has 2 fully saturated rings. The lowest BCUT2D eigenvalue weighted by atomic mass is 9.82. The normalized spacial score (nSPS) is 24.1. The summed E-state index contributed by atoms with van der Waals surface area (Å²) in [6.07, 6.45) is 7.79. The summed E-state index contributed by atoms with van der Waals surface area (Å²) in [6.45, 7) is 2.44. The molecule has 20 heavy (non-hydrogen) atoms. The van der Waals surface area contributed by atoms with Crippen LogP contribution in [0.1, 0.15) is 50.1 Å². The van der Waals surface area contributed by atoms with Crippen LogP contribution in [0.15, 0.2) is 24.3 Å². The third-order valence-corrected chi connectivity index (χ3v) is 5.23. The number of hydrogen-bond acceptors (Lipinski definition) is 2. The van der Waals surface area contributed by atoms with Crippen LogP contribution in [-0.4, -0.2) is 30.6 Å². The summed E-state index contributed by atoms with van der Waals surface area (Å²) in [6, 6.07) is 7.39. The fourth-order valence-electron chi connectivity index (χ4n) is 4.34. The topological polar surface area (TPSA) is 15.3 Å².